The Morgan fingerprint density at radius 1 is 1.05 bits per heavy atom. The van der Waals surface area contributed by atoms with Crippen LogP contribution in [-0.4, -0.2) is 73.0 Å². The van der Waals surface area contributed by atoms with Gasteiger partial charge in [0.1, 0.15) is 11.9 Å². The number of piperidine rings is 1. The lowest BCUT2D eigenvalue weighted by Crippen LogP contribution is -2.61. The first-order valence-corrected chi connectivity index (χ1v) is 14.7. The Hall–Kier alpha value is -2.52. The second-order valence-electron chi connectivity index (χ2n) is 12.6. The van der Waals surface area contributed by atoms with Gasteiger partial charge in [-0.1, -0.05) is 31.4 Å². The first-order chi connectivity index (χ1) is 18.6. The molecule has 2 aliphatic heterocycles. The molecule has 2 heterocycles. The summed E-state index contributed by atoms with van der Waals surface area (Å²) in [5, 5.41) is 12.6. The van der Waals surface area contributed by atoms with Crippen LogP contribution in [0.5, 0.6) is 0 Å². The van der Waals surface area contributed by atoms with E-state index in [-0.39, 0.29) is 35.5 Å². The SMILES string of the molecule is CC(C)(C)NC(=O)C1(C2CCCCC2)CCN(C(=O)[C@@H](Cc2ccc(F)cc2)NC(=O)[C@H]2CNCCN2)CC1. The summed E-state index contributed by atoms with van der Waals surface area (Å²) in [4.78, 5) is 42.5. The maximum atomic E-state index is 13.9. The van der Waals surface area contributed by atoms with Gasteiger partial charge in [-0.25, -0.2) is 4.39 Å². The number of piperazine rings is 1. The quantitative estimate of drug-likeness (QED) is 0.423. The lowest BCUT2D eigenvalue weighted by molar-refractivity contribution is -0.147. The molecule has 3 aliphatic rings. The molecule has 0 aromatic heterocycles. The van der Waals surface area contributed by atoms with Crippen LogP contribution in [-0.2, 0) is 20.8 Å². The van der Waals surface area contributed by atoms with Crippen molar-refractivity contribution < 1.29 is 18.8 Å². The summed E-state index contributed by atoms with van der Waals surface area (Å²) >= 11 is 0. The number of halogens is 1. The van der Waals surface area contributed by atoms with E-state index in [0.717, 1.165) is 37.8 Å². The van der Waals surface area contributed by atoms with Crippen LogP contribution >= 0.6 is 0 Å². The van der Waals surface area contributed by atoms with Gasteiger partial charge < -0.3 is 26.2 Å². The van der Waals surface area contributed by atoms with Crippen molar-refractivity contribution in [3.05, 3.63) is 35.6 Å². The predicted molar refractivity (Wildman–Crippen MR) is 149 cm³/mol. The van der Waals surface area contributed by atoms with Gasteiger partial charge in [0.05, 0.1) is 11.5 Å². The van der Waals surface area contributed by atoms with Crippen molar-refractivity contribution in [3.63, 3.8) is 0 Å². The lowest BCUT2D eigenvalue weighted by Gasteiger charge is -2.48. The predicted octanol–water partition coefficient (Wildman–Crippen LogP) is 2.52. The highest BCUT2D eigenvalue weighted by molar-refractivity contribution is 5.90. The summed E-state index contributed by atoms with van der Waals surface area (Å²) in [6.07, 6.45) is 7.14. The number of nitrogens with one attached hydrogen (secondary N) is 4. The van der Waals surface area contributed by atoms with Crippen LogP contribution in [0.1, 0.15) is 71.3 Å². The van der Waals surface area contributed by atoms with Crippen LogP contribution < -0.4 is 21.3 Å². The van der Waals surface area contributed by atoms with Crippen LogP contribution in [0.15, 0.2) is 24.3 Å². The Bertz CT molecular complexity index is 989. The van der Waals surface area contributed by atoms with E-state index < -0.39 is 17.5 Å². The third-order valence-corrected chi connectivity index (χ3v) is 8.62. The smallest absolute Gasteiger partial charge is 0.245 e. The van der Waals surface area contributed by atoms with Gasteiger partial charge in [-0.3, -0.25) is 14.4 Å². The van der Waals surface area contributed by atoms with Crippen molar-refractivity contribution in [2.45, 2.75) is 89.8 Å². The number of nitrogens with zero attached hydrogens (tertiary/aromatic N) is 1. The van der Waals surface area contributed by atoms with Gasteiger partial charge >= 0.3 is 0 Å². The van der Waals surface area contributed by atoms with Gasteiger partial charge in [-0.2, -0.15) is 0 Å². The van der Waals surface area contributed by atoms with Crippen LogP contribution in [0.2, 0.25) is 0 Å². The number of hydrogen-bond donors (Lipinski definition) is 4. The summed E-state index contributed by atoms with van der Waals surface area (Å²) in [6, 6.07) is 4.88. The normalized spacial score (nSPS) is 23.1. The monoisotopic (exact) mass is 543 g/mol. The highest BCUT2D eigenvalue weighted by Gasteiger charge is 2.49. The number of amides is 3. The lowest BCUT2D eigenvalue weighted by atomic mass is 9.63. The number of rotatable bonds is 7. The van der Waals surface area contributed by atoms with Gasteiger partial charge in [0.2, 0.25) is 17.7 Å². The minimum absolute atomic E-state index is 0.112. The molecule has 1 saturated carbocycles. The Kier molecular flexibility index (Phi) is 9.64. The molecule has 0 bridgehead atoms. The van der Waals surface area contributed by atoms with Crippen molar-refractivity contribution in [1.29, 1.82) is 0 Å². The van der Waals surface area contributed by atoms with E-state index in [1.165, 1.54) is 18.6 Å². The van der Waals surface area contributed by atoms with Crippen molar-refractivity contribution in [1.82, 2.24) is 26.2 Å². The van der Waals surface area contributed by atoms with Gasteiger partial charge in [-0.15, -0.1) is 0 Å². The highest BCUT2D eigenvalue weighted by Crippen LogP contribution is 2.46. The molecular formula is C30H46FN5O3. The summed E-state index contributed by atoms with van der Waals surface area (Å²) in [5.41, 5.74) is -0.0151. The average Bonchev–Trinajstić information content (AvgIpc) is 2.93. The first-order valence-electron chi connectivity index (χ1n) is 14.7. The zero-order valence-corrected chi connectivity index (χ0v) is 23.8. The fourth-order valence-electron chi connectivity index (χ4n) is 6.45. The topological polar surface area (TPSA) is 103 Å². The van der Waals surface area contributed by atoms with Crippen molar-refractivity contribution in [3.8, 4) is 0 Å². The molecule has 3 amide bonds. The molecular weight excluding hydrogens is 497 g/mol. The van der Waals surface area contributed by atoms with Crippen LogP contribution in [0.25, 0.3) is 0 Å². The van der Waals surface area contributed by atoms with Crippen molar-refractivity contribution in [2.24, 2.45) is 11.3 Å². The summed E-state index contributed by atoms with van der Waals surface area (Å²) in [6.45, 7) is 8.96. The molecule has 1 aliphatic carbocycles. The van der Waals surface area contributed by atoms with E-state index in [1.54, 1.807) is 12.1 Å². The Morgan fingerprint density at radius 2 is 1.72 bits per heavy atom. The third kappa shape index (κ3) is 7.57. The Morgan fingerprint density at radius 3 is 2.31 bits per heavy atom. The summed E-state index contributed by atoms with van der Waals surface area (Å²) in [7, 11) is 0. The molecule has 216 valence electrons. The zero-order valence-electron chi connectivity index (χ0n) is 23.8. The molecule has 4 rings (SSSR count). The minimum atomic E-state index is -0.766. The van der Waals surface area contributed by atoms with Crippen LogP contribution in [0.4, 0.5) is 4.39 Å². The number of hydrogen-bond acceptors (Lipinski definition) is 5. The van der Waals surface area contributed by atoms with Crippen molar-refractivity contribution in [2.75, 3.05) is 32.7 Å². The molecule has 4 N–H and O–H groups in total. The Balaban J connectivity index is 1.49. The maximum Gasteiger partial charge on any atom is 0.245 e. The fraction of sp³-hybridized carbons (Fsp3) is 0.700. The average molecular weight is 544 g/mol. The first kappa shape index (κ1) is 29.5. The van der Waals surface area contributed by atoms with Gasteiger partial charge in [0.25, 0.3) is 0 Å². The van der Waals surface area contributed by atoms with E-state index in [0.29, 0.717) is 44.9 Å². The van der Waals surface area contributed by atoms with E-state index in [1.807, 2.05) is 25.7 Å². The molecule has 3 fully saturated rings. The standard InChI is InChI=1S/C30H46FN5O3/c1-29(2,3)35-28(39)30(22-7-5-4-6-8-22)13-17-36(18-14-30)27(38)24(19-21-9-11-23(31)12-10-21)34-26(37)25-20-32-15-16-33-25/h9-12,22,24-25,32-33H,4-8,13-20H2,1-3H3,(H,34,37)(H,35,39)/t24-,25-/m1/s1. The number of carbonyl (C=O) groups is 3. The maximum absolute atomic E-state index is 13.9. The number of likely N-dealkylation sites (tertiary alicyclic amines) is 1. The number of carbonyl (C=O) groups excluding carboxylic acids is 3. The summed E-state index contributed by atoms with van der Waals surface area (Å²) < 4.78 is 13.5. The van der Waals surface area contributed by atoms with Crippen LogP contribution in [0, 0.1) is 17.2 Å². The van der Waals surface area contributed by atoms with Crippen molar-refractivity contribution >= 4 is 17.7 Å². The number of benzene rings is 1. The van der Waals surface area contributed by atoms with E-state index in [2.05, 4.69) is 21.3 Å². The molecule has 0 spiro atoms. The second kappa shape index (κ2) is 12.8. The van der Waals surface area contributed by atoms with E-state index in [9.17, 15) is 18.8 Å². The van der Waals surface area contributed by atoms with E-state index in [4.69, 9.17) is 0 Å². The summed E-state index contributed by atoms with van der Waals surface area (Å²) in [5.74, 6) is -0.274. The van der Waals surface area contributed by atoms with Gasteiger partial charge in [-0.05, 0) is 70.1 Å². The fourth-order valence-corrected chi connectivity index (χ4v) is 6.45. The molecule has 1 aromatic rings. The Labute approximate surface area is 232 Å². The molecule has 39 heavy (non-hydrogen) atoms. The molecule has 2 atom stereocenters. The van der Waals surface area contributed by atoms with E-state index >= 15 is 0 Å². The third-order valence-electron chi connectivity index (χ3n) is 8.62. The zero-order chi connectivity index (χ0) is 28.0. The van der Waals surface area contributed by atoms with Gasteiger partial charge in [0.15, 0.2) is 0 Å². The molecule has 9 heteroatoms. The molecule has 0 radical (unpaired) electrons. The largest absolute Gasteiger partial charge is 0.351 e. The minimum Gasteiger partial charge on any atom is -0.351 e. The van der Waals surface area contributed by atoms with Crippen LogP contribution in [0.3, 0.4) is 0 Å². The molecule has 0 unspecified atom stereocenters. The highest BCUT2D eigenvalue weighted by atomic mass is 19.1. The molecule has 1 aromatic carbocycles. The van der Waals surface area contributed by atoms with Gasteiger partial charge in [0, 0.05) is 44.7 Å². The second-order valence-corrected chi connectivity index (χ2v) is 12.6. The molecule has 8 nitrogen and oxygen atoms in total. The molecule has 2 saturated heterocycles.